The van der Waals surface area contributed by atoms with E-state index in [0.717, 1.165) is 39.5 Å². The Balaban J connectivity index is 1.39. The average Bonchev–Trinajstić information content (AvgIpc) is 3.56. The number of thiophene rings is 1. The van der Waals surface area contributed by atoms with Gasteiger partial charge in [0.1, 0.15) is 22.1 Å². The van der Waals surface area contributed by atoms with E-state index in [1.54, 1.807) is 0 Å². The SMILES string of the molecule is CC1CNc2c(sc3ccc4nc(Nc5nc(Cl)ncc5C(=O)NC5CC5)ccc4c23)C(=O)N1. The van der Waals surface area contributed by atoms with Gasteiger partial charge in [-0.3, -0.25) is 9.59 Å². The molecule has 4 heterocycles. The van der Waals surface area contributed by atoms with Crippen molar-refractivity contribution in [3.8, 4) is 0 Å². The standard InChI is InChI=1S/C23H20ClN7O2S/c1-10-8-25-18-17-12-4-7-16(29-14(12)5-6-15(17)34-19(18)22(33)27-10)30-20-13(9-26-23(24)31-20)21(32)28-11-2-3-11/h4-7,9-11,25H,2-3,8H2,1H3,(H,27,33)(H,28,32)(H,26,29,30,31). The van der Waals surface area contributed by atoms with Crippen LogP contribution in [0.4, 0.5) is 17.3 Å². The third-order valence-corrected chi connectivity index (χ3v) is 7.19. The van der Waals surface area contributed by atoms with Crippen molar-refractivity contribution in [2.75, 3.05) is 17.2 Å². The Kier molecular flexibility index (Phi) is 5.00. The number of nitrogens with zero attached hydrogens (tertiary/aromatic N) is 3. The van der Waals surface area contributed by atoms with E-state index < -0.39 is 0 Å². The van der Waals surface area contributed by atoms with E-state index in [0.29, 0.717) is 28.6 Å². The van der Waals surface area contributed by atoms with Crippen LogP contribution in [0.2, 0.25) is 5.28 Å². The van der Waals surface area contributed by atoms with E-state index in [1.807, 2.05) is 31.2 Å². The molecule has 9 nitrogen and oxygen atoms in total. The molecule has 1 aliphatic heterocycles. The van der Waals surface area contributed by atoms with Crippen LogP contribution in [-0.2, 0) is 0 Å². The minimum atomic E-state index is -0.247. The second-order valence-corrected chi connectivity index (χ2v) is 9.93. The number of benzene rings is 1. The monoisotopic (exact) mass is 493 g/mol. The molecule has 1 unspecified atom stereocenters. The summed E-state index contributed by atoms with van der Waals surface area (Å²) in [5.41, 5.74) is 1.90. The zero-order chi connectivity index (χ0) is 23.4. The summed E-state index contributed by atoms with van der Waals surface area (Å²) in [6.07, 6.45) is 3.37. The Morgan fingerprint density at radius 3 is 2.88 bits per heavy atom. The number of hydrogen-bond acceptors (Lipinski definition) is 8. The molecule has 1 aromatic carbocycles. The Morgan fingerprint density at radius 2 is 2.06 bits per heavy atom. The van der Waals surface area contributed by atoms with Gasteiger partial charge in [-0.1, -0.05) is 0 Å². The quantitative estimate of drug-likeness (QED) is 0.316. The van der Waals surface area contributed by atoms with Crippen molar-refractivity contribution in [2.45, 2.75) is 31.8 Å². The highest BCUT2D eigenvalue weighted by atomic mass is 35.5. The van der Waals surface area contributed by atoms with Crippen LogP contribution in [0.5, 0.6) is 0 Å². The molecule has 0 spiro atoms. The largest absolute Gasteiger partial charge is 0.381 e. The first-order chi connectivity index (χ1) is 16.5. The lowest BCUT2D eigenvalue weighted by Crippen LogP contribution is -2.34. The number of amides is 2. The van der Waals surface area contributed by atoms with Crippen LogP contribution < -0.4 is 21.3 Å². The first-order valence-corrected chi connectivity index (χ1v) is 12.2. The maximum absolute atomic E-state index is 12.6. The van der Waals surface area contributed by atoms with Gasteiger partial charge in [-0.05, 0) is 55.6 Å². The molecule has 1 fully saturated rings. The van der Waals surface area contributed by atoms with Crippen molar-refractivity contribution in [2.24, 2.45) is 0 Å². The minimum Gasteiger partial charge on any atom is -0.381 e. The lowest BCUT2D eigenvalue weighted by molar-refractivity contribution is 0.0941. The molecule has 11 heteroatoms. The minimum absolute atomic E-state index is 0.0347. The van der Waals surface area contributed by atoms with E-state index in [-0.39, 0.29) is 29.2 Å². The highest BCUT2D eigenvalue weighted by Gasteiger charge is 2.27. The molecule has 2 aliphatic rings. The number of anilines is 3. The highest BCUT2D eigenvalue weighted by molar-refractivity contribution is 7.21. The number of rotatable bonds is 4. The maximum Gasteiger partial charge on any atom is 0.263 e. The van der Waals surface area contributed by atoms with Crippen molar-refractivity contribution in [3.05, 3.63) is 46.2 Å². The fourth-order valence-corrected chi connectivity index (χ4v) is 5.26. The van der Waals surface area contributed by atoms with Gasteiger partial charge in [0.2, 0.25) is 5.28 Å². The maximum atomic E-state index is 12.6. The van der Waals surface area contributed by atoms with E-state index in [2.05, 4.69) is 31.2 Å². The third-order valence-electron chi connectivity index (χ3n) is 5.85. The van der Waals surface area contributed by atoms with Crippen LogP contribution in [0, 0.1) is 0 Å². The fourth-order valence-electron chi connectivity index (χ4n) is 4.03. The topological polar surface area (TPSA) is 121 Å². The summed E-state index contributed by atoms with van der Waals surface area (Å²) in [5.74, 6) is 0.500. The van der Waals surface area contributed by atoms with Crippen LogP contribution in [0.3, 0.4) is 0 Å². The van der Waals surface area contributed by atoms with Crippen LogP contribution >= 0.6 is 22.9 Å². The van der Waals surface area contributed by atoms with Crippen LogP contribution in [0.25, 0.3) is 21.0 Å². The number of nitrogens with one attached hydrogen (secondary N) is 4. The molecule has 172 valence electrons. The van der Waals surface area contributed by atoms with Crippen molar-refractivity contribution in [1.82, 2.24) is 25.6 Å². The Bertz CT molecular complexity index is 1480. The number of pyridine rings is 1. The number of halogens is 1. The molecule has 1 aliphatic carbocycles. The molecule has 1 atom stereocenters. The van der Waals surface area contributed by atoms with Gasteiger partial charge in [0.15, 0.2) is 0 Å². The second-order valence-electron chi connectivity index (χ2n) is 8.54. The summed E-state index contributed by atoms with van der Waals surface area (Å²) >= 11 is 7.47. The summed E-state index contributed by atoms with van der Waals surface area (Å²) in [7, 11) is 0. The summed E-state index contributed by atoms with van der Waals surface area (Å²) in [6, 6.07) is 7.92. The number of aromatic nitrogens is 3. The van der Waals surface area contributed by atoms with Gasteiger partial charge >= 0.3 is 0 Å². The van der Waals surface area contributed by atoms with Gasteiger partial charge in [-0.25, -0.2) is 9.97 Å². The van der Waals surface area contributed by atoms with Gasteiger partial charge in [-0.15, -0.1) is 11.3 Å². The van der Waals surface area contributed by atoms with Crippen LogP contribution in [0.1, 0.15) is 39.8 Å². The van der Waals surface area contributed by atoms with E-state index >= 15 is 0 Å². The number of hydrogen-bond donors (Lipinski definition) is 4. The molecule has 2 amide bonds. The van der Waals surface area contributed by atoms with Gasteiger partial charge in [-0.2, -0.15) is 4.98 Å². The molecule has 4 N–H and O–H groups in total. The zero-order valence-corrected chi connectivity index (χ0v) is 19.7. The van der Waals surface area contributed by atoms with Gasteiger partial charge in [0, 0.05) is 40.3 Å². The smallest absolute Gasteiger partial charge is 0.263 e. The van der Waals surface area contributed by atoms with Crippen molar-refractivity contribution in [3.63, 3.8) is 0 Å². The molecular formula is C23H20ClN7O2S. The Labute approximate surface area is 203 Å². The third kappa shape index (κ3) is 3.78. The van der Waals surface area contributed by atoms with E-state index in [1.165, 1.54) is 17.5 Å². The molecule has 4 aromatic rings. The first-order valence-electron chi connectivity index (χ1n) is 11.0. The van der Waals surface area contributed by atoms with E-state index in [4.69, 9.17) is 16.6 Å². The number of fused-ring (bicyclic) bond motifs is 5. The zero-order valence-electron chi connectivity index (χ0n) is 18.1. The van der Waals surface area contributed by atoms with Gasteiger partial charge in [0.25, 0.3) is 11.8 Å². The van der Waals surface area contributed by atoms with Gasteiger partial charge in [0.05, 0.1) is 11.2 Å². The predicted octanol–water partition coefficient (Wildman–Crippen LogP) is 4.07. The lowest BCUT2D eigenvalue weighted by Gasteiger charge is -2.12. The van der Waals surface area contributed by atoms with Crippen LogP contribution in [-0.4, -0.2) is 45.4 Å². The summed E-state index contributed by atoms with van der Waals surface area (Å²) in [5, 5.41) is 14.4. The van der Waals surface area contributed by atoms with Crippen molar-refractivity contribution < 1.29 is 9.59 Å². The Morgan fingerprint density at radius 1 is 1.21 bits per heavy atom. The Hall–Kier alpha value is -3.50. The molecule has 0 radical (unpaired) electrons. The predicted molar refractivity (Wildman–Crippen MR) is 133 cm³/mol. The summed E-state index contributed by atoms with van der Waals surface area (Å²) < 4.78 is 1.01. The lowest BCUT2D eigenvalue weighted by atomic mass is 10.1. The van der Waals surface area contributed by atoms with Crippen molar-refractivity contribution >= 4 is 73.1 Å². The fraction of sp³-hybridized carbons (Fsp3) is 0.261. The highest BCUT2D eigenvalue weighted by Crippen LogP contribution is 2.41. The second kappa shape index (κ2) is 8.07. The summed E-state index contributed by atoms with van der Waals surface area (Å²) in [4.78, 5) is 38.9. The molecular weight excluding hydrogens is 474 g/mol. The molecule has 0 saturated heterocycles. The molecule has 6 rings (SSSR count). The summed E-state index contributed by atoms with van der Waals surface area (Å²) in [6.45, 7) is 2.62. The number of carbonyl (C=O) groups is 2. The molecule has 34 heavy (non-hydrogen) atoms. The first kappa shape index (κ1) is 21.1. The van der Waals surface area contributed by atoms with Crippen LogP contribution in [0.15, 0.2) is 30.5 Å². The molecule has 0 bridgehead atoms. The average molecular weight is 494 g/mol. The normalized spacial score (nSPS) is 17.6. The van der Waals surface area contributed by atoms with Crippen molar-refractivity contribution in [1.29, 1.82) is 0 Å². The van der Waals surface area contributed by atoms with E-state index in [9.17, 15) is 9.59 Å². The molecule has 3 aromatic heterocycles. The molecule has 1 saturated carbocycles. The number of carbonyl (C=O) groups excluding carboxylic acids is 2. The van der Waals surface area contributed by atoms with Gasteiger partial charge < -0.3 is 21.3 Å².